The number of carbonyl (C=O) groups excluding carboxylic acids is 1. The molecule has 136 valence electrons. The van der Waals surface area contributed by atoms with E-state index < -0.39 is 12.1 Å². The number of ether oxygens (including phenoxy) is 2. The van der Waals surface area contributed by atoms with E-state index in [1.165, 1.54) is 6.08 Å². The largest absolute Gasteiger partial charge is 0.496 e. The van der Waals surface area contributed by atoms with Gasteiger partial charge in [-0.25, -0.2) is 4.79 Å². The summed E-state index contributed by atoms with van der Waals surface area (Å²) in [5.74, 6) is 0.619. The molecule has 1 aliphatic carbocycles. The predicted octanol–water partition coefficient (Wildman–Crippen LogP) is 3.90. The summed E-state index contributed by atoms with van der Waals surface area (Å²) in [5, 5.41) is 14.2. The van der Waals surface area contributed by atoms with E-state index in [-0.39, 0.29) is 5.56 Å². The lowest BCUT2D eigenvalue weighted by molar-refractivity contribution is 0.0690. The molecule has 0 fully saturated rings. The van der Waals surface area contributed by atoms with Crippen molar-refractivity contribution < 1.29 is 23.9 Å². The number of aliphatic hydroxyl groups excluding tert-OH is 1. The van der Waals surface area contributed by atoms with Gasteiger partial charge in [-0.3, -0.25) is 0 Å². The lowest BCUT2D eigenvalue weighted by Gasteiger charge is -2.09. The van der Waals surface area contributed by atoms with Crippen molar-refractivity contribution in [2.45, 2.75) is 13.0 Å². The lowest BCUT2D eigenvalue weighted by atomic mass is 10.1. The summed E-state index contributed by atoms with van der Waals surface area (Å²) in [5.41, 5.74) is 2.59. The third-order valence-corrected chi connectivity index (χ3v) is 4.49. The molecule has 0 amide bonds. The van der Waals surface area contributed by atoms with Gasteiger partial charge in [-0.15, -0.1) is 0 Å². The van der Waals surface area contributed by atoms with Crippen LogP contribution < -0.4 is 4.74 Å². The monoisotopic (exact) mass is 363 g/mol. The number of hydrogen-bond acceptors (Lipinski definition) is 6. The Labute approximate surface area is 155 Å². The molecule has 0 saturated heterocycles. The molecule has 1 aliphatic rings. The second-order valence-electron chi connectivity index (χ2n) is 6.12. The van der Waals surface area contributed by atoms with Gasteiger partial charge in [0.15, 0.2) is 0 Å². The van der Waals surface area contributed by atoms with Crippen LogP contribution in [-0.2, 0) is 4.74 Å². The van der Waals surface area contributed by atoms with E-state index in [1.807, 2.05) is 24.3 Å². The van der Waals surface area contributed by atoms with Gasteiger partial charge >= 0.3 is 5.97 Å². The molecular weight excluding hydrogens is 346 g/mol. The van der Waals surface area contributed by atoms with Crippen LogP contribution in [0.2, 0.25) is 0 Å². The molecule has 0 aliphatic heterocycles. The SMILES string of the molecule is COc1ccccc1-c1noc(C)c1C(=O)OC1=CC(O)c2ccccc21. The third kappa shape index (κ3) is 2.90. The fourth-order valence-corrected chi connectivity index (χ4v) is 3.18. The molecular formula is C21H17NO5. The molecule has 6 nitrogen and oxygen atoms in total. The highest BCUT2D eigenvalue weighted by Gasteiger charge is 2.29. The average Bonchev–Trinajstić information content (AvgIpc) is 3.22. The van der Waals surface area contributed by atoms with Gasteiger partial charge in [0.1, 0.15) is 34.6 Å². The zero-order valence-electron chi connectivity index (χ0n) is 14.8. The quantitative estimate of drug-likeness (QED) is 0.708. The van der Waals surface area contributed by atoms with Crippen molar-refractivity contribution in [3.05, 3.63) is 77.1 Å². The van der Waals surface area contributed by atoms with E-state index in [1.54, 1.807) is 38.3 Å². The van der Waals surface area contributed by atoms with Crippen molar-refractivity contribution in [2.24, 2.45) is 0 Å². The van der Waals surface area contributed by atoms with Crippen LogP contribution in [0, 0.1) is 6.92 Å². The molecule has 27 heavy (non-hydrogen) atoms. The molecule has 1 unspecified atom stereocenters. The molecule has 0 spiro atoms. The lowest BCUT2D eigenvalue weighted by Crippen LogP contribution is -2.06. The first kappa shape index (κ1) is 17.1. The summed E-state index contributed by atoms with van der Waals surface area (Å²) in [6.45, 7) is 1.65. The van der Waals surface area contributed by atoms with Crippen LogP contribution >= 0.6 is 0 Å². The fourth-order valence-electron chi connectivity index (χ4n) is 3.18. The minimum absolute atomic E-state index is 0.222. The molecule has 1 atom stereocenters. The number of benzene rings is 2. The summed E-state index contributed by atoms with van der Waals surface area (Å²) < 4.78 is 16.2. The zero-order valence-corrected chi connectivity index (χ0v) is 14.8. The number of fused-ring (bicyclic) bond motifs is 1. The van der Waals surface area contributed by atoms with Gasteiger partial charge in [-0.05, 0) is 30.7 Å². The van der Waals surface area contributed by atoms with Gasteiger partial charge in [0, 0.05) is 11.1 Å². The maximum Gasteiger partial charge on any atom is 0.349 e. The fraction of sp³-hybridized carbons (Fsp3) is 0.143. The summed E-state index contributed by atoms with van der Waals surface area (Å²) in [6.07, 6.45) is 0.704. The number of rotatable bonds is 4. The van der Waals surface area contributed by atoms with E-state index in [0.717, 1.165) is 0 Å². The van der Waals surface area contributed by atoms with Crippen LogP contribution in [0.5, 0.6) is 5.75 Å². The van der Waals surface area contributed by atoms with Crippen LogP contribution in [0.1, 0.15) is 33.3 Å². The van der Waals surface area contributed by atoms with Gasteiger partial charge in [0.05, 0.1) is 7.11 Å². The Hall–Kier alpha value is -3.38. The topological polar surface area (TPSA) is 81.8 Å². The summed E-state index contributed by atoms with van der Waals surface area (Å²) in [7, 11) is 1.55. The first-order valence-electron chi connectivity index (χ1n) is 8.41. The number of hydrogen-bond donors (Lipinski definition) is 1. The number of methoxy groups -OCH3 is 1. The summed E-state index contributed by atoms with van der Waals surface area (Å²) in [4.78, 5) is 12.9. The van der Waals surface area contributed by atoms with Gasteiger partial charge in [-0.2, -0.15) is 0 Å². The van der Waals surface area contributed by atoms with Crippen molar-refractivity contribution >= 4 is 11.7 Å². The Morgan fingerprint density at radius 3 is 2.59 bits per heavy atom. The van der Waals surface area contributed by atoms with E-state index in [4.69, 9.17) is 14.0 Å². The Morgan fingerprint density at radius 2 is 1.81 bits per heavy atom. The van der Waals surface area contributed by atoms with Crippen molar-refractivity contribution in [1.82, 2.24) is 5.16 Å². The highest BCUT2D eigenvalue weighted by Crippen LogP contribution is 2.37. The number of para-hydroxylation sites is 1. The highest BCUT2D eigenvalue weighted by molar-refractivity contribution is 6.00. The second kappa shape index (κ2) is 6.74. The minimum atomic E-state index is -0.804. The minimum Gasteiger partial charge on any atom is -0.496 e. The number of esters is 1. The Morgan fingerprint density at radius 1 is 1.11 bits per heavy atom. The van der Waals surface area contributed by atoms with E-state index in [9.17, 15) is 9.90 Å². The molecule has 0 radical (unpaired) electrons. The van der Waals surface area contributed by atoms with Crippen molar-refractivity contribution in [3.63, 3.8) is 0 Å². The molecule has 3 aromatic rings. The number of aliphatic hydroxyl groups is 1. The number of carbonyl (C=O) groups is 1. The smallest absolute Gasteiger partial charge is 0.349 e. The van der Waals surface area contributed by atoms with Gasteiger partial charge < -0.3 is 19.1 Å². The normalized spacial score (nSPS) is 15.2. The van der Waals surface area contributed by atoms with Crippen LogP contribution in [0.15, 0.2) is 59.1 Å². The molecule has 0 bridgehead atoms. The zero-order chi connectivity index (χ0) is 19.0. The number of aryl methyl sites for hydroxylation is 1. The molecule has 4 rings (SSSR count). The Balaban J connectivity index is 1.70. The Kier molecular flexibility index (Phi) is 4.25. The maximum absolute atomic E-state index is 12.9. The maximum atomic E-state index is 12.9. The summed E-state index contributed by atoms with van der Waals surface area (Å²) in [6, 6.07) is 14.5. The van der Waals surface area contributed by atoms with Crippen LogP contribution in [0.4, 0.5) is 0 Å². The van der Waals surface area contributed by atoms with Crippen molar-refractivity contribution in [1.29, 1.82) is 0 Å². The number of nitrogens with zero attached hydrogens (tertiary/aromatic N) is 1. The van der Waals surface area contributed by atoms with E-state index >= 15 is 0 Å². The molecule has 0 saturated carbocycles. The van der Waals surface area contributed by atoms with Crippen LogP contribution in [0.3, 0.4) is 0 Å². The third-order valence-electron chi connectivity index (χ3n) is 4.49. The predicted molar refractivity (Wildman–Crippen MR) is 98.0 cm³/mol. The van der Waals surface area contributed by atoms with Crippen LogP contribution in [-0.4, -0.2) is 23.3 Å². The molecule has 2 aromatic carbocycles. The van der Waals surface area contributed by atoms with Crippen molar-refractivity contribution in [3.8, 4) is 17.0 Å². The Bertz CT molecular complexity index is 1050. The molecule has 6 heteroatoms. The van der Waals surface area contributed by atoms with E-state index in [2.05, 4.69) is 5.16 Å². The molecule has 1 heterocycles. The van der Waals surface area contributed by atoms with E-state index in [0.29, 0.717) is 39.7 Å². The van der Waals surface area contributed by atoms with Crippen LogP contribution in [0.25, 0.3) is 17.0 Å². The first-order chi connectivity index (χ1) is 13.1. The second-order valence-corrected chi connectivity index (χ2v) is 6.12. The average molecular weight is 363 g/mol. The molecule has 1 aromatic heterocycles. The van der Waals surface area contributed by atoms with Gasteiger partial charge in [0.2, 0.25) is 0 Å². The van der Waals surface area contributed by atoms with Gasteiger partial charge in [0.25, 0.3) is 0 Å². The van der Waals surface area contributed by atoms with Crippen molar-refractivity contribution in [2.75, 3.05) is 7.11 Å². The van der Waals surface area contributed by atoms with Gasteiger partial charge in [-0.1, -0.05) is 41.6 Å². The first-order valence-corrected chi connectivity index (χ1v) is 8.41. The molecule has 1 N–H and O–H groups in total. The number of aromatic nitrogens is 1. The highest BCUT2D eigenvalue weighted by atomic mass is 16.5. The standard InChI is InChI=1S/C21H17NO5/c1-12-19(20(22-27-12)15-9-5-6-10-17(15)25-2)21(24)26-18-11-16(23)13-7-3-4-8-14(13)18/h3-11,16,23H,1-2H3. The summed E-state index contributed by atoms with van der Waals surface area (Å²) >= 11 is 0.